The molecule has 0 spiro atoms. The van der Waals surface area contributed by atoms with Crippen LogP contribution >= 0.6 is 11.6 Å². The van der Waals surface area contributed by atoms with Crippen molar-refractivity contribution in [2.24, 2.45) is 11.0 Å². The number of carbonyl (C=O) groups excluding carboxylic acids is 3. The molecule has 22 heavy (non-hydrogen) atoms. The van der Waals surface area contributed by atoms with Crippen molar-refractivity contribution in [1.82, 2.24) is 5.43 Å². The number of anilines is 1. The number of hydrogen-bond donors (Lipinski definition) is 1. The van der Waals surface area contributed by atoms with Gasteiger partial charge in [0.05, 0.1) is 12.8 Å². The lowest BCUT2D eigenvalue weighted by Gasteiger charge is -2.20. The molecule has 1 aromatic carbocycles. The predicted molar refractivity (Wildman–Crippen MR) is 78.4 cm³/mol. The number of ether oxygens (including phenoxy) is 1. The number of methoxy groups -OCH3 is 1. The maximum atomic E-state index is 12.7. The zero-order chi connectivity index (χ0) is 16.1. The molecule has 7 nitrogen and oxygen atoms in total. The zero-order valence-electron chi connectivity index (χ0n) is 11.8. The van der Waals surface area contributed by atoms with E-state index in [9.17, 15) is 14.4 Å². The number of carbonyl (C=O) groups is 3. The lowest BCUT2D eigenvalue weighted by molar-refractivity contribution is -0.133. The van der Waals surface area contributed by atoms with Crippen molar-refractivity contribution < 1.29 is 19.1 Å². The van der Waals surface area contributed by atoms with Crippen LogP contribution in [0.15, 0.2) is 29.4 Å². The smallest absolute Gasteiger partial charge is 0.355 e. The van der Waals surface area contributed by atoms with Crippen LogP contribution in [0.2, 0.25) is 5.02 Å². The molecule has 8 heteroatoms. The number of nitrogens with one attached hydrogen (secondary N) is 1. The number of amides is 2. The summed E-state index contributed by atoms with van der Waals surface area (Å²) in [5.74, 6) is -2.79. The van der Waals surface area contributed by atoms with E-state index in [1.807, 2.05) is 0 Å². The summed E-state index contributed by atoms with van der Waals surface area (Å²) in [5, 5.41) is 4.21. The zero-order valence-corrected chi connectivity index (χ0v) is 12.5. The molecule has 2 heterocycles. The molecule has 1 saturated heterocycles. The number of hydrazone groups is 1. The Morgan fingerprint density at radius 3 is 2.82 bits per heavy atom. The standard InChI is InChI=1S/C14H12ClN3O4/c1-14-9(10(16-17-14)12(20)22-2)11(19)18(13(14)21)8-5-3-4-7(15)6-8/h3-6,9,17H,1-2H3/t9-,14-/m1/s1. The Labute approximate surface area is 130 Å². The molecule has 0 aliphatic carbocycles. The predicted octanol–water partition coefficient (Wildman–Crippen LogP) is 0.720. The van der Waals surface area contributed by atoms with Gasteiger partial charge in [0.15, 0.2) is 5.71 Å². The highest BCUT2D eigenvalue weighted by atomic mass is 35.5. The van der Waals surface area contributed by atoms with Gasteiger partial charge in [-0.1, -0.05) is 17.7 Å². The molecule has 0 radical (unpaired) electrons. The number of fused-ring (bicyclic) bond motifs is 1. The molecule has 2 atom stereocenters. The average molecular weight is 322 g/mol. The van der Waals surface area contributed by atoms with Crippen molar-refractivity contribution in [2.75, 3.05) is 12.0 Å². The quantitative estimate of drug-likeness (QED) is 0.640. The molecule has 2 aliphatic heterocycles. The number of benzene rings is 1. The maximum absolute atomic E-state index is 12.7. The van der Waals surface area contributed by atoms with Crippen LogP contribution in [-0.2, 0) is 19.1 Å². The lowest BCUT2D eigenvalue weighted by Crippen LogP contribution is -2.48. The molecular weight excluding hydrogens is 310 g/mol. The van der Waals surface area contributed by atoms with Gasteiger partial charge in [-0.25, -0.2) is 9.69 Å². The normalized spacial score (nSPS) is 26.6. The van der Waals surface area contributed by atoms with Crippen molar-refractivity contribution in [1.29, 1.82) is 0 Å². The third kappa shape index (κ3) is 1.82. The summed E-state index contributed by atoms with van der Waals surface area (Å²) in [7, 11) is 1.19. The first-order valence-electron chi connectivity index (χ1n) is 6.47. The molecule has 0 bridgehead atoms. The summed E-state index contributed by atoms with van der Waals surface area (Å²) in [6.07, 6.45) is 0. The van der Waals surface area contributed by atoms with Crippen molar-refractivity contribution in [3.05, 3.63) is 29.3 Å². The molecule has 3 rings (SSSR count). The first-order chi connectivity index (χ1) is 10.4. The Kier molecular flexibility index (Phi) is 3.17. The van der Waals surface area contributed by atoms with Crippen LogP contribution in [0, 0.1) is 5.92 Å². The van der Waals surface area contributed by atoms with Crippen LogP contribution in [0.4, 0.5) is 5.69 Å². The van der Waals surface area contributed by atoms with E-state index >= 15 is 0 Å². The number of halogens is 1. The monoisotopic (exact) mass is 321 g/mol. The van der Waals surface area contributed by atoms with Crippen molar-refractivity contribution in [3.8, 4) is 0 Å². The maximum Gasteiger partial charge on any atom is 0.355 e. The summed E-state index contributed by atoms with van der Waals surface area (Å²) >= 11 is 5.91. The fraction of sp³-hybridized carbons (Fsp3) is 0.286. The van der Waals surface area contributed by atoms with Gasteiger partial charge in [-0.3, -0.25) is 15.0 Å². The molecule has 2 amide bonds. The largest absolute Gasteiger partial charge is 0.464 e. The molecule has 114 valence electrons. The van der Waals surface area contributed by atoms with Crippen LogP contribution in [-0.4, -0.2) is 36.1 Å². The van der Waals surface area contributed by atoms with Gasteiger partial charge >= 0.3 is 5.97 Å². The van der Waals surface area contributed by atoms with Crippen LogP contribution < -0.4 is 10.3 Å². The van der Waals surface area contributed by atoms with Gasteiger partial charge in [0.2, 0.25) is 5.91 Å². The fourth-order valence-electron chi connectivity index (χ4n) is 2.70. The number of rotatable bonds is 2. The second-order valence-electron chi connectivity index (χ2n) is 5.19. The Bertz CT molecular complexity index is 733. The summed E-state index contributed by atoms with van der Waals surface area (Å²) in [5.41, 5.74) is 1.54. The number of esters is 1. The first kappa shape index (κ1) is 14.5. The molecule has 2 aliphatic rings. The van der Waals surface area contributed by atoms with Gasteiger partial charge in [-0.05, 0) is 25.1 Å². The number of imide groups is 1. The topological polar surface area (TPSA) is 88.1 Å². The highest BCUT2D eigenvalue weighted by Crippen LogP contribution is 2.38. The van der Waals surface area contributed by atoms with Gasteiger partial charge in [-0.15, -0.1) is 0 Å². The molecule has 1 aromatic rings. The van der Waals surface area contributed by atoms with E-state index in [4.69, 9.17) is 11.6 Å². The van der Waals surface area contributed by atoms with E-state index < -0.39 is 29.2 Å². The van der Waals surface area contributed by atoms with E-state index in [0.717, 1.165) is 4.90 Å². The van der Waals surface area contributed by atoms with Gasteiger partial charge in [0, 0.05) is 5.02 Å². The molecule has 1 N–H and O–H groups in total. The van der Waals surface area contributed by atoms with E-state index in [-0.39, 0.29) is 5.71 Å². The van der Waals surface area contributed by atoms with E-state index in [1.165, 1.54) is 20.1 Å². The van der Waals surface area contributed by atoms with Gasteiger partial charge in [-0.2, -0.15) is 5.10 Å². The van der Waals surface area contributed by atoms with Crippen molar-refractivity contribution >= 4 is 40.8 Å². The summed E-state index contributed by atoms with van der Waals surface area (Å²) < 4.78 is 4.62. The number of hydrogen-bond acceptors (Lipinski definition) is 6. The second-order valence-corrected chi connectivity index (χ2v) is 5.63. The Balaban J connectivity index is 2.05. The minimum Gasteiger partial charge on any atom is -0.464 e. The van der Waals surface area contributed by atoms with Crippen molar-refractivity contribution in [2.45, 2.75) is 12.5 Å². The fourth-order valence-corrected chi connectivity index (χ4v) is 2.89. The van der Waals surface area contributed by atoms with Crippen molar-refractivity contribution in [3.63, 3.8) is 0 Å². The van der Waals surface area contributed by atoms with E-state index in [0.29, 0.717) is 10.7 Å². The van der Waals surface area contributed by atoms with Gasteiger partial charge in [0.25, 0.3) is 5.91 Å². The molecule has 0 aromatic heterocycles. The minimum atomic E-state index is -1.30. The Morgan fingerprint density at radius 1 is 1.45 bits per heavy atom. The highest BCUT2D eigenvalue weighted by Gasteiger charge is 2.63. The van der Waals surface area contributed by atoms with E-state index in [2.05, 4.69) is 15.3 Å². The molecular formula is C14H12ClN3O4. The average Bonchev–Trinajstić information content (AvgIpc) is 2.93. The summed E-state index contributed by atoms with van der Waals surface area (Å²) in [4.78, 5) is 38.1. The first-order valence-corrected chi connectivity index (χ1v) is 6.85. The summed E-state index contributed by atoms with van der Waals surface area (Å²) in [6, 6.07) is 6.38. The Hall–Kier alpha value is -2.41. The summed E-state index contributed by atoms with van der Waals surface area (Å²) in [6.45, 7) is 1.53. The highest BCUT2D eigenvalue weighted by molar-refractivity contribution is 6.47. The van der Waals surface area contributed by atoms with Gasteiger partial charge in [0.1, 0.15) is 11.5 Å². The van der Waals surface area contributed by atoms with Crippen LogP contribution in [0.5, 0.6) is 0 Å². The molecule has 0 saturated carbocycles. The van der Waals surface area contributed by atoms with E-state index in [1.54, 1.807) is 18.2 Å². The third-order valence-corrected chi connectivity index (χ3v) is 4.07. The SMILES string of the molecule is COC(=O)C1=NN[C@@]2(C)C(=O)N(c3cccc(Cl)c3)C(=O)[C@@H]12. The third-order valence-electron chi connectivity index (χ3n) is 3.84. The van der Waals surface area contributed by atoms with Crippen LogP contribution in [0.25, 0.3) is 0 Å². The van der Waals surface area contributed by atoms with Gasteiger partial charge < -0.3 is 4.74 Å². The lowest BCUT2D eigenvalue weighted by atomic mass is 9.86. The second kappa shape index (κ2) is 4.81. The number of nitrogens with zero attached hydrogens (tertiary/aromatic N) is 2. The van der Waals surface area contributed by atoms with Crippen LogP contribution in [0.1, 0.15) is 6.92 Å². The molecule has 1 fully saturated rings. The van der Waals surface area contributed by atoms with Crippen LogP contribution in [0.3, 0.4) is 0 Å². The Morgan fingerprint density at radius 2 is 2.18 bits per heavy atom. The minimum absolute atomic E-state index is 0.104. The molecule has 0 unspecified atom stereocenters.